The Labute approximate surface area is 718 Å². The number of para-hydroxylation sites is 3. The molecule has 21 rings (SSSR count). The van der Waals surface area contributed by atoms with Crippen LogP contribution in [0.4, 0.5) is 34.1 Å². The van der Waals surface area contributed by atoms with Crippen LogP contribution in [0.2, 0.25) is 0 Å². The van der Waals surface area contributed by atoms with Gasteiger partial charge in [-0.1, -0.05) is 328 Å². The molecule has 0 atom stereocenters. The van der Waals surface area contributed by atoms with Crippen molar-refractivity contribution in [2.45, 2.75) is 131 Å². The predicted octanol–water partition coefficient (Wildman–Crippen LogP) is 29.9. The minimum atomic E-state index is -0.297. The second kappa shape index (κ2) is 28.1. The maximum Gasteiger partial charge on any atom is 0.252 e. The van der Waals surface area contributed by atoms with Crippen LogP contribution in [0.5, 0.6) is 0 Å². The third-order valence-corrected chi connectivity index (χ3v) is 26.3. The molecule has 0 radical (unpaired) electrons. The molecule has 2 aliphatic rings. The van der Waals surface area contributed by atoms with Crippen LogP contribution >= 0.6 is 0 Å². The lowest BCUT2D eigenvalue weighted by Crippen LogP contribution is -2.61. The molecule has 0 aliphatic carbocycles. The van der Waals surface area contributed by atoms with E-state index in [9.17, 15) is 0 Å². The van der Waals surface area contributed by atoms with Crippen LogP contribution in [0, 0.1) is 0 Å². The number of aromatic nitrogens is 3. The first kappa shape index (κ1) is 76.0. The second-order valence-electron chi connectivity index (χ2n) is 39.4. The fourth-order valence-corrected chi connectivity index (χ4v) is 19.7. The summed E-state index contributed by atoms with van der Waals surface area (Å²) in [5.74, 6) is 0. The number of anilines is 6. The summed E-state index contributed by atoms with van der Waals surface area (Å²) >= 11 is 0. The first-order chi connectivity index (χ1) is 58.7. The predicted molar refractivity (Wildman–Crippen MR) is 524 cm³/mol. The van der Waals surface area contributed by atoms with E-state index in [0.29, 0.717) is 0 Å². The second-order valence-corrected chi connectivity index (χ2v) is 39.4. The maximum absolute atomic E-state index is 2.76. The minimum Gasteiger partial charge on any atom is -0.311 e. The SMILES string of the molecule is CC(C)(C)c1cc(-c2ccc3c(c2)N(c2cc(-c4ccccc4)cc(-c4ccccc4)c2)c2cc(-n4c5ccc(C(C)(C)C)cc5c5cc(C(C)(C)C)ccc54)cc4c2B3c2ccc(-n3c5ccccc5c5cc(-n6c7ccccc7c7ccccc76)ccc53)cc2N4c2c(-c3ccccc3)cc(C(C)(C)C)cc2-c2ccccc2)cc(C(C)(C)C)c1. The van der Waals surface area contributed by atoms with Gasteiger partial charge in [-0.05, 0) is 237 Å². The van der Waals surface area contributed by atoms with Gasteiger partial charge in [0, 0.05) is 83.3 Å². The summed E-state index contributed by atoms with van der Waals surface area (Å²) in [7, 11) is 0. The summed E-state index contributed by atoms with van der Waals surface area (Å²) in [6, 6.07) is 133. The van der Waals surface area contributed by atoms with Crippen molar-refractivity contribution in [3.8, 4) is 72.7 Å². The van der Waals surface area contributed by atoms with Crippen LogP contribution < -0.4 is 26.2 Å². The third kappa shape index (κ3) is 12.6. The fourth-order valence-electron chi connectivity index (χ4n) is 19.7. The molecule has 0 unspecified atom stereocenters. The first-order valence-corrected chi connectivity index (χ1v) is 43.6. The van der Waals surface area contributed by atoms with Crippen LogP contribution in [0.15, 0.2) is 346 Å². The Morgan fingerprint density at radius 1 is 0.197 bits per heavy atom. The van der Waals surface area contributed by atoms with Gasteiger partial charge in [-0.2, -0.15) is 0 Å². The fraction of sp³-hybridized carbons (Fsp3) is 0.172. The number of benzene rings is 16. The van der Waals surface area contributed by atoms with E-state index in [-0.39, 0.29) is 33.8 Å². The van der Waals surface area contributed by atoms with Gasteiger partial charge in [0.2, 0.25) is 0 Å². The lowest BCUT2D eigenvalue weighted by atomic mass is 9.33. The summed E-state index contributed by atoms with van der Waals surface area (Å²) in [5, 5.41) is 7.34. The monoisotopic (exact) mass is 1580 g/mol. The van der Waals surface area contributed by atoms with Gasteiger partial charge in [-0.15, -0.1) is 0 Å². The van der Waals surface area contributed by atoms with Gasteiger partial charge in [0.1, 0.15) is 0 Å². The van der Waals surface area contributed by atoms with Crippen LogP contribution in [-0.2, 0) is 27.1 Å². The molecule has 0 saturated carbocycles. The average Bonchev–Trinajstić information content (AvgIpc) is 0.948. The molecule has 0 spiro atoms. The highest BCUT2D eigenvalue weighted by atomic mass is 15.2. The van der Waals surface area contributed by atoms with Gasteiger partial charge in [0.15, 0.2) is 0 Å². The van der Waals surface area contributed by atoms with Crippen molar-refractivity contribution in [1.82, 2.24) is 13.7 Å². The van der Waals surface area contributed by atoms with Gasteiger partial charge < -0.3 is 23.5 Å². The molecule has 19 aromatic rings. The number of fused-ring (bicyclic) bond motifs is 13. The van der Waals surface area contributed by atoms with Crippen LogP contribution in [0.25, 0.3) is 138 Å². The number of nitrogens with zero attached hydrogens (tertiary/aromatic N) is 5. The Hall–Kier alpha value is -13.4. The van der Waals surface area contributed by atoms with Gasteiger partial charge in [0.25, 0.3) is 6.71 Å². The Balaban J connectivity index is 0.939. The molecule has 0 N–H and O–H groups in total. The van der Waals surface area contributed by atoms with Crippen LogP contribution in [0.1, 0.15) is 132 Å². The maximum atomic E-state index is 2.76. The summed E-state index contributed by atoms with van der Waals surface area (Å²) < 4.78 is 7.63. The van der Waals surface area contributed by atoms with Crippen molar-refractivity contribution in [2.24, 2.45) is 0 Å². The zero-order valence-corrected chi connectivity index (χ0v) is 72.7. The Kier molecular flexibility index (Phi) is 17.5. The molecule has 5 nitrogen and oxygen atoms in total. The quantitative estimate of drug-likeness (QED) is 0.127. The molecule has 0 saturated heterocycles. The molecular formula is C116H102BN5. The van der Waals surface area contributed by atoms with E-state index >= 15 is 0 Å². The van der Waals surface area contributed by atoms with Gasteiger partial charge >= 0.3 is 0 Å². The molecule has 594 valence electrons. The summed E-state index contributed by atoms with van der Waals surface area (Å²) in [4.78, 5) is 5.45. The Morgan fingerprint density at radius 3 is 1.01 bits per heavy atom. The van der Waals surface area contributed by atoms with E-state index in [0.717, 1.165) is 118 Å². The van der Waals surface area contributed by atoms with Crippen LogP contribution in [0.3, 0.4) is 0 Å². The van der Waals surface area contributed by atoms with Gasteiger partial charge in [-0.3, -0.25) is 0 Å². The van der Waals surface area contributed by atoms with Crippen molar-refractivity contribution in [3.05, 3.63) is 374 Å². The largest absolute Gasteiger partial charge is 0.311 e. The molecule has 2 aliphatic heterocycles. The molecule has 5 heterocycles. The zero-order valence-electron chi connectivity index (χ0n) is 72.7. The van der Waals surface area contributed by atoms with E-state index in [1.54, 1.807) is 0 Å². The zero-order chi connectivity index (χ0) is 83.8. The van der Waals surface area contributed by atoms with Crippen molar-refractivity contribution in [2.75, 3.05) is 9.80 Å². The summed E-state index contributed by atoms with van der Waals surface area (Å²) in [6.45, 7) is 35.1. The van der Waals surface area contributed by atoms with Gasteiger partial charge in [0.05, 0.1) is 44.5 Å². The van der Waals surface area contributed by atoms with E-state index < -0.39 is 0 Å². The van der Waals surface area contributed by atoms with E-state index in [4.69, 9.17) is 0 Å². The number of hydrogen-bond donors (Lipinski definition) is 0. The van der Waals surface area contributed by atoms with Crippen LogP contribution in [-0.4, -0.2) is 20.4 Å². The third-order valence-electron chi connectivity index (χ3n) is 26.3. The molecule has 6 heteroatoms. The highest BCUT2D eigenvalue weighted by Gasteiger charge is 2.46. The van der Waals surface area contributed by atoms with Crippen molar-refractivity contribution in [3.63, 3.8) is 0 Å². The lowest BCUT2D eigenvalue weighted by molar-refractivity contribution is 0.569. The van der Waals surface area contributed by atoms with Crippen molar-refractivity contribution >= 4 is 123 Å². The number of hydrogen-bond acceptors (Lipinski definition) is 2. The molecule has 0 amide bonds. The molecule has 0 fully saturated rings. The van der Waals surface area contributed by atoms with Gasteiger partial charge in [-0.25, -0.2) is 0 Å². The molecule has 0 bridgehead atoms. The topological polar surface area (TPSA) is 21.3 Å². The minimum absolute atomic E-state index is 0.116. The highest BCUT2D eigenvalue weighted by Crippen LogP contribution is 2.55. The molecule has 3 aromatic heterocycles. The van der Waals surface area contributed by atoms with Crippen molar-refractivity contribution < 1.29 is 0 Å². The van der Waals surface area contributed by atoms with E-state index in [1.165, 1.54) is 98.7 Å². The molecule has 16 aromatic carbocycles. The first-order valence-electron chi connectivity index (χ1n) is 43.6. The van der Waals surface area contributed by atoms with E-state index in [2.05, 4.69) is 473 Å². The Morgan fingerprint density at radius 2 is 0.541 bits per heavy atom. The molecule has 122 heavy (non-hydrogen) atoms. The Bertz CT molecular complexity index is 7170. The summed E-state index contributed by atoms with van der Waals surface area (Å²) in [5.41, 5.74) is 37.8. The normalized spacial score (nSPS) is 13.2. The molecular weight excluding hydrogens is 1470 g/mol. The lowest BCUT2D eigenvalue weighted by Gasteiger charge is -2.45. The smallest absolute Gasteiger partial charge is 0.252 e. The average molecular weight is 1580 g/mol. The highest BCUT2D eigenvalue weighted by molar-refractivity contribution is 7.00. The standard InChI is InChI=1S/C116H102BN5/c1-112(2,3)81-49-55-103-95(65-81)96-66-82(113(4,5)6)50-56-104(96)120(103)89-71-108-110-109(72-89)122(111-93(75-38-24-18-25-39-75)67-85(116(13,14)15)68-94(111)76-40-26-19-27-41-76)107-70-87(119-102-47-33-30-44-92(102)97-69-86(52-57-105(97)119)118-100-45-31-28-42-90(100)91-43-29-32-46-101(91)118)51-54-99(107)117(110)98-53-48-77(80-59-83(114(7,8)9)64-84(60-80)115(10,11)12)63-106(98)121(108)88-61-78(73-34-20-16-21-35-73)58-79(62-88)74-36-22-17-23-37-74/h16-72H,1-15H3. The summed E-state index contributed by atoms with van der Waals surface area (Å²) in [6.07, 6.45) is 0. The number of rotatable bonds is 10. The van der Waals surface area contributed by atoms with E-state index in [1.807, 2.05) is 0 Å². The van der Waals surface area contributed by atoms with Crippen molar-refractivity contribution in [1.29, 1.82) is 0 Å².